The minimum Gasteiger partial charge on any atom is -0.455 e. The molecule has 0 radical (unpaired) electrons. The lowest BCUT2D eigenvalue weighted by atomic mass is 9.97. The van der Waals surface area contributed by atoms with Crippen molar-refractivity contribution < 1.29 is 14.3 Å². The van der Waals surface area contributed by atoms with Crippen LogP contribution in [0.4, 0.5) is 5.69 Å². The summed E-state index contributed by atoms with van der Waals surface area (Å²) in [6.07, 6.45) is 0.984. The van der Waals surface area contributed by atoms with E-state index in [1.165, 1.54) is 22.9 Å². The molecule has 5 heteroatoms. The molecule has 0 aliphatic carbocycles. The van der Waals surface area contributed by atoms with Gasteiger partial charge in [0, 0.05) is 10.6 Å². The van der Waals surface area contributed by atoms with Crippen molar-refractivity contribution in [3.63, 3.8) is 0 Å². The lowest BCUT2D eigenvalue weighted by molar-refractivity contribution is -0.144. The molecular formula is C22H27NO3S. The summed E-state index contributed by atoms with van der Waals surface area (Å²) in [5.41, 5.74) is 4.27. The molecule has 0 aliphatic rings. The molecule has 27 heavy (non-hydrogen) atoms. The highest BCUT2D eigenvalue weighted by Gasteiger charge is 2.13. The highest BCUT2D eigenvalue weighted by atomic mass is 32.2. The van der Waals surface area contributed by atoms with Crippen molar-refractivity contribution in [2.45, 2.75) is 44.9 Å². The molecule has 144 valence electrons. The summed E-state index contributed by atoms with van der Waals surface area (Å²) < 4.78 is 5.11. The molecule has 0 saturated carbocycles. The van der Waals surface area contributed by atoms with Gasteiger partial charge in [-0.3, -0.25) is 9.59 Å². The molecule has 0 bridgehead atoms. The molecule has 2 aromatic rings. The fourth-order valence-corrected chi connectivity index (χ4v) is 3.37. The fourth-order valence-electron chi connectivity index (χ4n) is 2.58. The Balaban J connectivity index is 1.81. The molecule has 0 aliphatic heterocycles. The van der Waals surface area contributed by atoms with E-state index in [0.717, 1.165) is 22.6 Å². The Morgan fingerprint density at radius 1 is 1.11 bits per heavy atom. The average Bonchev–Trinajstić information content (AvgIpc) is 2.67. The zero-order valence-electron chi connectivity index (χ0n) is 16.4. The van der Waals surface area contributed by atoms with Crippen LogP contribution in [0.15, 0.2) is 47.4 Å². The summed E-state index contributed by atoms with van der Waals surface area (Å²) in [4.78, 5) is 25.1. The minimum atomic E-state index is -0.399. The van der Waals surface area contributed by atoms with Gasteiger partial charge in [0.25, 0.3) is 5.91 Å². The van der Waals surface area contributed by atoms with Gasteiger partial charge in [-0.2, -0.15) is 0 Å². The molecule has 1 amide bonds. The Morgan fingerprint density at radius 3 is 2.56 bits per heavy atom. The van der Waals surface area contributed by atoms with Gasteiger partial charge in [0.05, 0.1) is 5.75 Å². The number of carbonyl (C=O) groups is 2. The zero-order chi connectivity index (χ0) is 19.8. The topological polar surface area (TPSA) is 55.4 Å². The SMILES string of the molecule is CC[C@@H](C)c1ccccc1NC(=O)COC(=O)CSc1ccc(C)c(C)c1. The number of benzene rings is 2. The van der Waals surface area contributed by atoms with Crippen LogP contribution in [0.1, 0.15) is 42.9 Å². The molecule has 0 aromatic heterocycles. The van der Waals surface area contributed by atoms with Gasteiger partial charge in [0.2, 0.25) is 0 Å². The van der Waals surface area contributed by atoms with Crippen molar-refractivity contribution in [3.8, 4) is 0 Å². The third kappa shape index (κ3) is 6.43. The van der Waals surface area contributed by atoms with Crippen LogP contribution in [0.3, 0.4) is 0 Å². The van der Waals surface area contributed by atoms with Gasteiger partial charge >= 0.3 is 5.97 Å². The fraction of sp³-hybridized carbons (Fsp3) is 0.364. The van der Waals surface area contributed by atoms with Gasteiger partial charge in [-0.05, 0) is 61.1 Å². The van der Waals surface area contributed by atoms with Crippen molar-refractivity contribution in [1.82, 2.24) is 0 Å². The number of carbonyl (C=O) groups excluding carboxylic acids is 2. The van der Waals surface area contributed by atoms with Crippen molar-refractivity contribution >= 4 is 29.3 Å². The Bertz CT molecular complexity index is 804. The lowest BCUT2D eigenvalue weighted by Crippen LogP contribution is -2.22. The Morgan fingerprint density at radius 2 is 1.85 bits per heavy atom. The molecule has 4 nitrogen and oxygen atoms in total. The second kappa shape index (κ2) is 10.2. The lowest BCUT2D eigenvalue weighted by Gasteiger charge is -2.15. The maximum absolute atomic E-state index is 12.1. The summed E-state index contributed by atoms with van der Waals surface area (Å²) >= 11 is 1.41. The predicted molar refractivity (Wildman–Crippen MR) is 111 cm³/mol. The molecule has 1 N–H and O–H groups in total. The number of aryl methyl sites for hydroxylation is 2. The zero-order valence-corrected chi connectivity index (χ0v) is 17.2. The smallest absolute Gasteiger partial charge is 0.316 e. The molecular weight excluding hydrogens is 358 g/mol. The van der Waals surface area contributed by atoms with Crippen LogP contribution in [0.5, 0.6) is 0 Å². The molecule has 0 fully saturated rings. The number of amides is 1. The van der Waals surface area contributed by atoms with Gasteiger partial charge in [0.1, 0.15) is 0 Å². The first kappa shape index (κ1) is 21.0. The maximum atomic E-state index is 12.1. The van der Waals surface area contributed by atoms with Gasteiger partial charge in [-0.1, -0.05) is 38.1 Å². The predicted octanol–water partition coefficient (Wildman–Crippen LogP) is 5.09. The average molecular weight is 386 g/mol. The van der Waals surface area contributed by atoms with Crippen molar-refractivity contribution in [3.05, 3.63) is 59.2 Å². The quantitative estimate of drug-likeness (QED) is 0.508. The van der Waals surface area contributed by atoms with E-state index in [-0.39, 0.29) is 18.3 Å². The van der Waals surface area contributed by atoms with Crippen LogP contribution >= 0.6 is 11.8 Å². The van der Waals surface area contributed by atoms with E-state index in [9.17, 15) is 9.59 Å². The molecule has 0 spiro atoms. The number of rotatable bonds is 8. The summed E-state index contributed by atoms with van der Waals surface area (Å²) in [6.45, 7) is 8.05. The first-order valence-electron chi connectivity index (χ1n) is 9.15. The van der Waals surface area contributed by atoms with E-state index >= 15 is 0 Å². The highest BCUT2D eigenvalue weighted by Crippen LogP contribution is 2.26. The van der Waals surface area contributed by atoms with Gasteiger partial charge in [-0.15, -0.1) is 11.8 Å². The number of ether oxygens (including phenoxy) is 1. The normalized spacial score (nSPS) is 11.7. The molecule has 0 saturated heterocycles. The van der Waals surface area contributed by atoms with Gasteiger partial charge in [0.15, 0.2) is 6.61 Å². The summed E-state index contributed by atoms with van der Waals surface area (Å²) in [7, 11) is 0. The van der Waals surface area contributed by atoms with E-state index in [4.69, 9.17) is 4.74 Å². The van der Waals surface area contributed by atoms with E-state index < -0.39 is 5.97 Å². The van der Waals surface area contributed by atoms with Crippen LogP contribution < -0.4 is 5.32 Å². The minimum absolute atomic E-state index is 0.180. The number of esters is 1. The third-order valence-electron chi connectivity index (χ3n) is 4.58. The van der Waals surface area contributed by atoms with Crippen molar-refractivity contribution in [1.29, 1.82) is 0 Å². The van der Waals surface area contributed by atoms with Crippen LogP contribution in [0, 0.1) is 13.8 Å². The first-order valence-corrected chi connectivity index (χ1v) is 10.1. The van der Waals surface area contributed by atoms with E-state index in [2.05, 4.69) is 26.1 Å². The second-order valence-electron chi connectivity index (χ2n) is 6.64. The van der Waals surface area contributed by atoms with Crippen molar-refractivity contribution in [2.75, 3.05) is 17.7 Å². The molecule has 1 atom stereocenters. The number of anilines is 1. The number of thioether (sulfide) groups is 1. The molecule has 0 heterocycles. The summed E-state index contributed by atoms with van der Waals surface area (Å²) in [6, 6.07) is 13.8. The molecule has 2 aromatic carbocycles. The monoisotopic (exact) mass is 385 g/mol. The van der Waals surface area contributed by atoms with Crippen LogP contribution in [-0.4, -0.2) is 24.2 Å². The Hall–Kier alpha value is -2.27. The largest absolute Gasteiger partial charge is 0.455 e. The van der Waals surface area contributed by atoms with E-state index in [1.54, 1.807) is 0 Å². The molecule has 2 rings (SSSR count). The number of hydrogen-bond acceptors (Lipinski definition) is 4. The van der Waals surface area contributed by atoms with Gasteiger partial charge < -0.3 is 10.1 Å². The van der Waals surface area contributed by atoms with Crippen LogP contribution in [0.25, 0.3) is 0 Å². The second-order valence-corrected chi connectivity index (χ2v) is 7.69. The summed E-state index contributed by atoms with van der Waals surface area (Å²) in [5, 5.41) is 2.85. The Kier molecular flexibility index (Phi) is 7.92. The van der Waals surface area contributed by atoms with Crippen LogP contribution in [0.2, 0.25) is 0 Å². The summed E-state index contributed by atoms with van der Waals surface area (Å²) in [5.74, 6) is -0.198. The number of hydrogen-bond donors (Lipinski definition) is 1. The Labute approximate surface area is 165 Å². The number of para-hydroxylation sites is 1. The molecule has 0 unspecified atom stereocenters. The van der Waals surface area contributed by atoms with Crippen molar-refractivity contribution in [2.24, 2.45) is 0 Å². The standard InChI is InChI=1S/C22H27NO3S/c1-5-15(2)19-8-6-7-9-20(19)23-21(24)13-26-22(25)14-27-18-11-10-16(3)17(4)12-18/h6-12,15H,5,13-14H2,1-4H3,(H,23,24)/t15-/m1/s1. The van der Waals surface area contributed by atoms with Crippen LogP contribution in [-0.2, 0) is 14.3 Å². The van der Waals surface area contributed by atoms with E-state index in [0.29, 0.717) is 5.92 Å². The van der Waals surface area contributed by atoms with Gasteiger partial charge in [-0.25, -0.2) is 0 Å². The van der Waals surface area contributed by atoms with E-state index in [1.807, 2.05) is 49.4 Å². The highest BCUT2D eigenvalue weighted by molar-refractivity contribution is 8.00. The maximum Gasteiger partial charge on any atom is 0.316 e. The number of nitrogens with one attached hydrogen (secondary N) is 1. The third-order valence-corrected chi connectivity index (χ3v) is 5.54. The first-order chi connectivity index (χ1) is 12.9.